The molecule has 43 heavy (non-hydrogen) atoms. The van der Waals surface area contributed by atoms with Crippen molar-refractivity contribution in [2.75, 3.05) is 32.2 Å². The first-order valence-corrected chi connectivity index (χ1v) is 19.0. The third-order valence-electron chi connectivity index (χ3n) is 8.54. The van der Waals surface area contributed by atoms with E-state index >= 15 is 0 Å². The lowest BCUT2D eigenvalue weighted by atomic mass is 9.70. The molecule has 3 amide bonds. The smallest absolute Gasteiger partial charge is 0.329 e. The quantitative estimate of drug-likeness (QED) is 0.119. The Hall–Kier alpha value is -2.13. The van der Waals surface area contributed by atoms with Gasteiger partial charge in [0.25, 0.3) is 27.8 Å². The van der Waals surface area contributed by atoms with E-state index < -0.39 is 70.3 Å². The van der Waals surface area contributed by atoms with Gasteiger partial charge in [0.2, 0.25) is 0 Å². The molecule has 0 saturated carbocycles. The zero-order valence-electron chi connectivity index (χ0n) is 27.6. The van der Waals surface area contributed by atoms with Crippen molar-refractivity contribution in [3.05, 3.63) is 12.2 Å². The van der Waals surface area contributed by atoms with Crippen LogP contribution in [0.5, 0.6) is 0 Å². The fourth-order valence-electron chi connectivity index (χ4n) is 4.73. The van der Waals surface area contributed by atoms with Gasteiger partial charge in [0.15, 0.2) is 8.32 Å². The van der Waals surface area contributed by atoms with Crippen LogP contribution in [0.4, 0.5) is 0 Å². The van der Waals surface area contributed by atoms with E-state index in [-0.39, 0.29) is 31.3 Å². The van der Waals surface area contributed by atoms with Gasteiger partial charge in [-0.15, -0.1) is 0 Å². The predicted octanol–water partition coefficient (Wildman–Crippen LogP) is 3.58. The van der Waals surface area contributed by atoms with Crippen molar-refractivity contribution in [3.8, 4) is 0 Å². The van der Waals surface area contributed by atoms with Crippen molar-refractivity contribution in [1.82, 2.24) is 9.96 Å². The molecular formula is C29H50N2O10SSi. The molecule has 2 heterocycles. The first-order chi connectivity index (χ1) is 19.4. The molecule has 0 bridgehead atoms. The van der Waals surface area contributed by atoms with E-state index in [4.69, 9.17) is 18.2 Å². The number of hydrogen-bond acceptors (Lipinski definition) is 10. The number of carbonyl (C=O) groups excluding carboxylic acids is 4. The Morgan fingerprint density at radius 2 is 1.56 bits per heavy atom. The largest absolute Gasteiger partial charge is 0.417 e. The van der Waals surface area contributed by atoms with Crippen LogP contribution in [0.1, 0.15) is 75.2 Å². The summed E-state index contributed by atoms with van der Waals surface area (Å²) in [6, 6.07) is -0.875. The van der Waals surface area contributed by atoms with Crippen molar-refractivity contribution in [1.29, 1.82) is 0 Å². The Morgan fingerprint density at radius 3 is 2.05 bits per heavy atom. The van der Waals surface area contributed by atoms with Gasteiger partial charge in [-0.3, -0.25) is 28.3 Å². The summed E-state index contributed by atoms with van der Waals surface area (Å²) in [7, 11) is -5.85. The van der Waals surface area contributed by atoms with Gasteiger partial charge in [-0.1, -0.05) is 55.4 Å². The number of imide groups is 1. The van der Waals surface area contributed by atoms with Crippen molar-refractivity contribution in [2.24, 2.45) is 10.8 Å². The fraction of sp³-hybridized carbons (Fsp3) is 0.793. The molecule has 246 valence electrons. The van der Waals surface area contributed by atoms with Crippen LogP contribution in [0, 0.1) is 10.8 Å². The number of hydroxylamine groups is 2. The molecule has 2 aliphatic rings. The second kappa shape index (κ2) is 13.1. The average molecular weight is 647 g/mol. The summed E-state index contributed by atoms with van der Waals surface area (Å²) in [5.74, 6) is -3.22. The summed E-state index contributed by atoms with van der Waals surface area (Å²) in [5, 5.41) is 0.915. The summed E-state index contributed by atoms with van der Waals surface area (Å²) in [4.78, 5) is 57.1. The van der Waals surface area contributed by atoms with Crippen molar-refractivity contribution >= 4 is 42.1 Å². The molecule has 0 spiro atoms. The lowest BCUT2D eigenvalue weighted by Gasteiger charge is -2.44. The van der Waals surface area contributed by atoms with E-state index in [1.54, 1.807) is 20.8 Å². The third kappa shape index (κ3) is 8.74. The minimum Gasteiger partial charge on any atom is -0.417 e. The number of amides is 3. The summed E-state index contributed by atoms with van der Waals surface area (Å²) in [6.07, 6.45) is 2.74. The molecule has 1 fully saturated rings. The SMILES string of the molecule is CC(=O)ON1C(=O)[C@@](N2C(=O)C=CC2=O)(C(C)(C)C)C[C@H]1COCCS(=O)(=O)OCC(C)(C)CCO[Si](C)(C)C(C)(C)C. The van der Waals surface area contributed by atoms with Crippen LogP contribution in [0.3, 0.4) is 0 Å². The zero-order valence-corrected chi connectivity index (χ0v) is 29.4. The maximum absolute atomic E-state index is 13.7. The van der Waals surface area contributed by atoms with E-state index in [1.165, 1.54) is 0 Å². The molecule has 2 atom stereocenters. The van der Waals surface area contributed by atoms with E-state index in [1.807, 2.05) is 13.8 Å². The van der Waals surface area contributed by atoms with Gasteiger partial charge in [0.05, 0.1) is 31.6 Å². The molecule has 12 nitrogen and oxygen atoms in total. The van der Waals surface area contributed by atoms with Gasteiger partial charge in [-0.25, -0.2) is 0 Å². The summed E-state index contributed by atoms with van der Waals surface area (Å²) in [5.41, 5.74) is -3.03. The standard InChI is InChI=1S/C29H50N2O10SSi/c1-21(32)41-31-22(18-29(25(31)35,26(2,3)4)30-23(33)12-13-24(30)34)19-38-16-17-42(36,37)39-20-28(8,9)14-15-40-43(10,11)27(5,6)7/h12-13,22H,14-20H2,1-11H3/t22-,29+/m0/s1. The van der Waals surface area contributed by atoms with Crippen LogP contribution in [-0.4, -0.2) is 94.2 Å². The van der Waals surface area contributed by atoms with Crippen LogP contribution < -0.4 is 0 Å². The van der Waals surface area contributed by atoms with Crippen LogP contribution in [0.25, 0.3) is 0 Å². The number of rotatable bonds is 14. The Bertz CT molecular complexity index is 1200. The first-order valence-electron chi connectivity index (χ1n) is 14.5. The molecule has 2 rings (SSSR count). The fourth-order valence-corrected chi connectivity index (χ4v) is 6.71. The first kappa shape index (κ1) is 37.1. The van der Waals surface area contributed by atoms with E-state index in [2.05, 4.69) is 33.9 Å². The Kier molecular flexibility index (Phi) is 11.3. The topological polar surface area (TPSA) is 146 Å². The van der Waals surface area contributed by atoms with E-state index in [0.29, 0.717) is 13.0 Å². The van der Waals surface area contributed by atoms with Crippen molar-refractivity contribution < 1.29 is 45.8 Å². The summed E-state index contributed by atoms with van der Waals surface area (Å²) in [6.45, 7) is 21.0. The average Bonchev–Trinajstić information content (AvgIpc) is 3.30. The van der Waals surface area contributed by atoms with Crippen LogP contribution in [0.2, 0.25) is 18.1 Å². The minimum absolute atomic E-state index is 0.0203. The van der Waals surface area contributed by atoms with Gasteiger partial charge in [0, 0.05) is 32.1 Å². The highest BCUT2D eigenvalue weighted by Crippen LogP contribution is 2.47. The normalized spacial score (nSPS) is 22.2. The van der Waals surface area contributed by atoms with Gasteiger partial charge in [-0.2, -0.15) is 13.5 Å². The molecule has 0 aromatic rings. The highest BCUT2D eigenvalue weighted by Gasteiger charge is 2.65. The number of ether oxygens (including phenoxy) is 1. The third-order valence-corrected chi connectivity index (χ3v) is 14.2. The van der Waals surface area contributed by atoms with E-state index in [9.17, 15) is 27.6 Å². The molecule has 0 unspecified atom stereocenters. The van der Waals surface area contributed by atoms with E-state index in [0.717, 1.165) is 29.0 Å². The van der Waals surface area contributed by atoms with Gasteiger partial charge in [-0.05, 0) is 35.4 Å². The monoisotopic (exact) mass is 646 g/mol. The zero-order chi connectivity index (χ0) is 33.2. The lowest BCUT2D eigenvalue weighted by Crippen LogP contribution is -2.63. The number of hydrogen-bond donors (Lipinski definition) is 0. The molecule has 14 heteroatoms. The van der Waals surface area contributed by atoms with Crippen LogP contribution in [-0.2, 0) is 47.5 Å². The molecule has 2 aliphatic heterocycles. The highest BCUT2D eigenvalue weighted by atomic mass is 32.2. The lowest BCUT2D eigenvalue weighted by molar-refractivity contribution is -0.205. The van der Waals surface area contributed by atoms with Crippen molar-refractivity contribution in [3.63, 3.8) is 0 Å². The van der Waals surface area contributed by atoms with Gasteiger partial charge in [0.1, 0.15) is 5.54 Å². The highest BCUT2D eigenvalue weighted by molar-refractivity contribution is 7.86. The maximum Gasteiger partial charge on any atom is 0.329 e. The minimum atomic E-state index is -3.93. The Morgan fingerprint density at radius 1 is 1.00 bits per heavy atom. The maximum atomic E-state index is 13.7. The Balaban J connectivity index is 2.01. The predicted molar refractivity (Wildman–Crippen MR) is 162 cm³/mol. The molecule has 1 saturated heterocycles. The van der Waals surface area contributed by atoms with Crippen LogP contribution in [0.15, 0.2) is 12.2 Å². The second-order valence-corrected chi connectivity index (χ2v) is 21.2. The van der Waals surface area contributed by atoms with Crippen LogP contribution >= 0.6 is 0 Å². The number of nitrogens with zero attached hydrogens (tertiary/aromatic N) is 2. The molecule has 0 aliphatic carbocycles. The summed E-state index contributed by atoms with van der Waals surface area (Å²) >= 11 is 0. The summed E-state index contributed by atoms with van der Waals surface area (Å²) < 4.78 is 42.4. The van der Waals surface area contributed by atoms with Gasteiger partial charge >= 0.3 is 5.97 Å². The molecular weight excluding hydrogens is 596 g/mol. The molecule has 0 aromatic heterocycles. The molecule has 0 aromatic carbocycles. The molecule has 0 radical (unpaired) electrons. The van der Waals surface area contributed by atoms with Crippen molar-refractivity contribution in [2.45, 2.75) is 105 Å². The second-order valence-electron chi connectivity index (χ2n) is 14.6. The molecule has 0 N–H and O–H groups in total. The Labute approximate surface area is 257 Å². The van der Waals surface area contributed by atoms with Gasteiger partial charge < -0.3 is 14.0 Å². The number of carbonyl (C=O) groups is 4.